The number of nitrogens with zero attached hydrogens (tertiary/aromatic N) is 4. The lowest BCUT2D eigenvalue weighted by atomic mass is 9.71. The van der Waals surface area contributed by atoms with Gasteiger partial charge in [0.05, 0.1) is 22.5 Å². The molecule has 1 unspecified atom stereocenters. The largest absolute Gasteiger partial charge is 0.418 e. The molecule has 1 aliphatic carbocycles. The van der Waals surface area contributed by atoms with Gasteiger partial charge in [-0.05, 0) is 85.9 Å². The van der Waals surface area contributed by atoms with Gasteiger partial charge >= 0.3 is 11.9 Å². The fourth-order valence-corrected chi connectivity index (χ4v) is 6.40. The third kappa shape index (κ3) is 4.93. The number of imidazole rings is 1. The Morgan fingerprint density at radius 1 is 1.13 bits per heavy atom. The van der Waals surface area contributed by atoms with E-state index in [1.165, 1.54) is 27.7 Å². The van der Waals surface area contributed by atoms with Crippen molar-refractivity contribution < 1.29 is 13.2 Å². The molecule has 4 heterocycles. The number of pyridine rings is 1. The molecule has 2 fully saturated rings. The van der Waals surface area contributed by atoms with Crippen LogP contribution in [0, 0.1) is 18.8 Å². The van der Waals surface area contributed by atoms with Gasteiger partial charge in [0.2, 0.25) is 0 Å². The van der Waals surface area contributed by atoms with Crippen molar-refractivity contribution in [1.29, 1.82) is 0 Å². The Morgan fingerprint density at radius 3 is 2.62 bits per heavy atom. The maximum absolute atomic E-state index is 14.2. The summed E-state index contributed by atoms with van der Waals surface area (Å²) in [5, 5.41) is 7.49. The standard InChI is InChI=1S/C30H34F3N5O/c1-19-6-5-11-36(15-19)16-21-12-25(30(31,32)33)26-18-37(29(39)38(26)17-21)24-10-4-9-23(13-24)27(22-7-3-8-22)28-20(2)14-34-35-28/h4,9-10,12-14,17-19,22,27H,3,5-8,11,15-16H2,1-2H3,(H,34,35)/t19-,27?/m0/s1. The molecule has 6 rings (SSSR count). The lowest BCUT2D eigenvalue weighted by molar-refractivity contribution is -0.136. The highest BCUT2D eigenvalue weighted by Crippen LogP contribution is 2.44. The van der Waals surface area contributed by atoms with Gasteiger partial charge in [0, 0.05) is 37.6 Å². The van der Waals surface area contributed by atoms with Crippen molar-refractivity contribution in [1.82, 2.24) is 24.1 Å². The first-order valence-electron chi connectivity index (χ1n) is 13.9. The lowest BCUT2D eigenvalue weighted by Gasteiger charge is -2.33. The summed E-state index contributed by atoms with van der Waals surface area (Å²) in [6, 6.07) is 8.83. The summed E-state index contributed by atoms with van der Waals surface area (Å²) in [4.78, 5) is 15.8. The SMILES string of the molecule is Cc1c[nH]nc1C(c1cccc(-n2cc3c(C(F)(F)F)cc(CN4CCC[C@H](C)C4)cn3c2=O)c1)C1CCC1. The van der Waals surface area contributed by atoms with Crippen molar-refractivity contribution in [2.45, 2.75) is 64.6 Å². The van der Waals surface area contributed by atoms with Crippen molar-refractivity contribution in [3.8, 4) is 5.69 Å². The maximum Gasteiger partial charge on any atom is 0.418 e. The van der Waals surface area contributed by atoms with Crippen molar-refractivity contribution >= 4 is 5.52 Å². The zero-order valence-corrected chi connectivity index (χ0v) is 22.3. The Bertz CT molecular complexity index is 1540. The van der Waals surface area contributed by atoms with Crippen molar-refractivity contribution in [2.75, 3.05) is 13.1 Å². The number of aromatic amines is 1. The van der Waals surface area contributed by atoms with E-state index in [9.17, 15) is 18.0 Å². The molecule has 9 heteroatoms. The first-order valence-corrected chi connectivity index (χ1v) is 13.9. The number of piperidine rings is 1. The van der Waals surface area contributed by atoms with Gasteiger partial charge in [-0.25, -0.2) is 4.79 Å². The average Bonchev–Trinajstić information content (AvgIpc) is 3.43. The molecule has 1 aromatic carbocycles. The number of rotatable bonds is 6. The van der Waals surface area contributed by atoms with E-state index >= 15 is 0 Å². The maximum atomic E-state index is 14.2. The van der Waals surface area contributed by atoms with Gasteiger partial charge in [-0.1, -0.05) is 25.5 Å². The fraction of sp³-hybridized carbons (Fsp3) is 0.467. The Labute approximate surface area is 225 Å². The van der Waals surface area contributed by atoms with E-state index in [2.05, 4.69) is 22.0 Å². The predicted octanol–water partition coefficient (Wildman–Crippen LogP) is 6.30. The normalized spacial score (nSPS) is 19.9. The molecule has 4 aromatic rings. The van der Waals surface area contributed by atoms with Crippen LogP contribution in [-0.2, 0) is 12.7 Å². The van der Waals surface area contributed by atoms with Gasteiger partial charge in [0.15, 0.2) is 0 Å². The average molecular weight is 538 g/mol. The third-order valence-corrected chi connectivity index (χ3v) is 8.57. The summed E-state index contributed by atoms with van der Waals surface area (Å²) in [5.74, 6) is 1.03. The molecule has 0 bridgehead atoms. The highest BCUT2D eigenvalue weighted by atomic mass is 19.4. The van der Waals surface area contributed by atoms with Gasteiger partial charge in [-0.3, -0.25) is 19.0 Å². The number of aryl methyl sites for hydroxylation is 1. The predicted molar refractivity (Wildman–Crippen MR) is 144 cm³/mol. The molecule has 206 valence electrons. The van der Waals surface area contributed by atoms with Crippen LogP contribution in [0.2, 0.25) is 0 Å². The van der Waals surface area contributed by atoms with Crippen LogP contribution in [0.25, 0.3) is 11.2 Å². The van der Waals surface area contributed by atoms with Crippen LogP contribution in [0.4, 0.5) is 13.2 Å². The number of benzene rings is 1. The summed E-state index contributed by atoms with van der Waals surface area (Å²) in [6.45, 7) is 6.28. The minimum absolute atomic E-state index is 0.0713. The van der Waals surface area contributed by atoms with Crippen LogP contribution in [0.15, 0.2) is 53.7 Å². The molecule has 1 aliphatic heterocycles. The van der Waals surface area contributed by atoms with Gasteiger partial charge < -0.3 is 0 Å². The number of hydrogen-bond donors (Lipinski definition) is 1. The van der Waals surface area contributed by atoms with E-state index < -0.39 is 17.4 Å². The topological polar surface area (TPSA) is 58.3 Å². The summed E-state index contributed by atoms with van der Waals surface area (Å²) < 4.78 is 45.2. The van der Waals surface area contributed by atoms with E-state index in [1.807, 2.05) is 31.3 Å². The van der Waals surface area contributed by atoms with Crippen molar-refractivity contribution in [3.63, 3.8) is 0 Å². The molecule has 39 heavy (non-hydrogen) atoms. The second kappa shape index (κ2) is 10.0. The number of fused-ring (bicyclic) bond motifs is 1. The number of likely N-dealkylation sites (tertiary alicyclic amines) is 1. The van der Waals surface area contributed by atoms with E-state index in [-0.39, 0.29) is 11.4 Å². The number of hydrogen-bond acceptors (Lipinski definition) is 3. The van der Waals surface area contributed by atoms with Gasteiger partial charge in [-0.15, -0.1) is 0 Å². The van der Waals surface area contributed by atoms with Crippen LogP contribution < -0.4 is 5.69 Å². The highest BCUT2D eigenvalue weighted by Gasteiger charge is 2.35. The van der Waals surface area contributed by atoms with E-state index in [1.54, 1.807) is 12.3 Å². The molecular weight excluding hydrogens is 503 g/mol. The molecule has 0 radical (unpaired) electrons. The van der Waals surface area contributed by atoms with Crippen molar-refractivity contribution in [2.24, 2.45) is 11.8 Å². The number of halogens is 3. The molecule has 2 atom stereocenters. The molecule has 2 aliphatic rings. The smallest absolute Gasteiger partial charge is 0.299 e. The van der Waals surface area contributed by atoms with E-state index in [0.29, 0.717) is 29.6 Å². The van der Waals surface area contributed by atoms with E-state index in [0.717, 1.165) is 55.6 Å². The number of H-pyrrole nitrogens is 1. The summed E-state index contributed by atoms with van der Waals surface area (Å²) in [7, 11) is 0. The van der Waals surface area contributed by atoms with Gasteiger partial charge in [0.1, 0.15) is 0 Å². The summed E-state index contributed by atoms with van der Waals surface area (Å²) in [6.07, 6.45) is 5.75. The third-order valence-electron chi connectivity index (χ3n) is 8.57. The number of nitrogens with one attached hydrogen (secondary N) is 1. The zero-order chi connectivity index (χ0) is 27.3. The lowest BCUT2D eigenvalue weighted by Crippen LogP contribution is -2.34. The molecule has 1 N–H and O–H groups in total. The molecule has 0 amide bonds. The molecule has 0 spiro atoms. The molecule has 6 nitrogen and oxygen atoms in total. The summed E-state index contributed by atoms with van der Waals surface area (Å²) in [5.41, 5.74) is 2.72. The Kier molecular flexibility index (Phi) is 6.65. The molecular formula is C30H34F3N5O. The molecule has 1 saturated heterocycles. The van der Waals surface area contributed by atoms with Crippen LogP contribution in [0.3, 0.4) is 0 Å². The van der Waals surface area contributed by atoms with Crippen LogP contribution in [0.5, 0.6) is 0 Å². The molecule has 3 aromatic heterocycles. The first-order chi connectivity index (χ1) is 18.7. The highest BCUT2D eigenvalue weighted by molar-refractivity contribution is 5.58. The molecule has 1 saturated carbocycles. The van der Waals surface area contributed by atoms with Crippen LogP contribution in [-0.4, -0.2) is 37.2 Å². The Balaban J connectivity index is 1.42. The minimum atomic E-state index is -4.58. The minimum Gasteiger partial charge on any atom is -0.299 e. The second-order valence-electron chi connectivity index (χ2n) is 11.5. The van der Waals surface area contributed by atoms with Gasteiger partial charge in [0.25, 0.3) is 0 Å². The van der Waals surface area contributed by atoms with E-state index in [4.69, 9.17) is 0 Å². The first kappa shape index (κ1) is 25.9. The van der Waals surface area contributed by atoms with Crippen LogP contribution >= 0.6 is 0 Å². The van der Waals surface area contributed by atoms with Gasteiger partial charge in [-0.2, -0.15) is 18.3 Å². The quantitative estimate of drug-likeness (QED) is 0.314. The summed E-state index contributed by atoms with van der Waals surface area (Å²) >= 11 is 0. The Hall–Kier alpha value is -3.33. The zero-order valence-electron chi connectivity index (χ0n) is 22.3. The van der Waals surface area contributed by atoms with Crippen molar-refractivity contribution in [3.05, 3.63) is 87.4 Å². The Morgan fingerprint density at radius 2 is 1.95 bits per heavy atom. The number of aromatic nitrogens is 4. The monoisotopic (exact) mass is 537 g/mol. The van der Waals surface area contributed by atoms with Crippen LogP contribution in [0.1, 0.15) is 72.9 Å². The fourth-order valence-electron chi connectivity index (χ4n) is 6.40. The number of alkyl halides is 3. The second-order valence-corrected chi connectivity index (χ2v) is 11.5.